The Bertz CT molecular complexity index is 685. The highest BCUT2D eigenvalue weighted by Gasteiger charge is 2.20. The molecule has 24 heavy (non-hydrogen) atoms. The first-order valence-electron chi connectivity index (χ1n) is 7.77. The number of methoxy groups -OCH3 is 1. The molecule has 0 aliphatic carbocycles. The molecule has 5 nitrogen and oxygen atoms in total. The number of aliphatic carboxylic acids is 1. The van der Waals surface area contributed by atoms with Gasteiger partial charge in [-0.1, -0.05) is 42.5 Å². The van der Waals surface area contributed by atoms with Crippen molar-refractivity contribution in [2.75, 3.05) is 7.11 Å². The number of ether oxygens (including phenoxy) is 1. The standard InChI is InChI=1S/C19H21NO4/c1-24-16-9-5-8-15(12-16)10-11-18(21)20-17(19(22)23)13-14-6-3-2-4-7-14/h2-9,12,17H,10-11,13H2,1H3,(H,20,21)(H,22,23). The minimum Gasteiger partial charge on any atom is -0.497 e. The molecule has 0 saturated carbocycles. The molecule has 2 rings (SSSR count). The molecule has 2 N–H and O–H groups in total. The number of rotatable bonds is 8. The molecule has 1 atom stereocenters. The number of hydrogen-bond acceptors (Lipinski definition) is 3. The molecule has 0 aliphatic rings. The van der Waals surface area contributed by atoms with Crippen molar-refractivity contribution in [1.29, 1.82) is 0 Å². The Kier molecular flexibility index (Phi) is 6.37. The van der Waals surface area contributed by atoms with Gasteiger partial charge in [-0.2, -0.15) is 0 Å². The monoisotopic (exact) mass is 327 g/mol. The SMILES string of the molecule is COc1cccc(CCC(=O)NC(Cc2ccccc2)C(=O)O)c1. The van der Waals surface area contributed by atoms with Crippen LogP contribution in [0.2, 0.25) is 0 Å². The van der Waals surface area contributed by atoms with Gasteiger partial charge in [0.25, 0.3) is 0 Å². The topological polar surface area (TPSA) is 75.6 Å². The number of aryl methyl sites for hydroxylation is 1. The highest BCUT2D eigenvalue weighted by molar-refractivity contribution is 5.83. The van der Waals surface area contributed by atoms with Crippen molar-refractivity contribution in [2.24, 2.45) is 0 Å². The molecule has 0 spiro atoms. The largest absolute Gasteiger partial charge is 0.497 e. The average molecular weight is 327 g/mol. The van der Waals surface area contributed by atoms with Crippen LogP contribution in [0.15, 0.2) is 54.6 Å². The summed E-state index contributed by atoms with van der Waals surface area (Å²) in [5.41, 5.74) is 1.84. The fraction of sp³-hybridized carbons (Fsp3) is 0.263. The van der Waals surface area contributed by atoms with Crippen molar-refractivity contribution < 1.29 is 19.4 Å². The summed E-state index contributed by atoms with van der Waals surface area (Å²) in [6.45, 7) is 0. The van der Waals surface area contributed by atoms with Crippen molar-refractivity contribution in [3.63, 3.8) is 0 Å². The van der Waals surface area contributed by atoms with E-state index in [2.05, 4.69) is 5.32 Å². The van der Waals surface area contributed by atoms with E-state index in [1.54, 1.807) is 7.11 Å². The number of nitrogens with one attached hydrogen (secondary N) is 1. The van der Waals surface area contributed by atoms with E-state index < -0.39 is 12.0 Å². The van der Waals surface area contributed by atoms with Crippen LogP contribution in [-0.2, 0) is 22.4 Å². The molecular formula is C19H21NO4. The number of carboxylic acids is 1. The Morgan fingerprint density at radius 2 is 1.79 bits per heavy atom. The lowest BCUT2D eigenvalue weighted by atomic mass is 10.1. The van der Waals surface area contributed by atoms with Gasteiger partial charge in [-0.05, 0) is 29.7 Å². The Hall–Kier alpha value is -2.82. The second-order valence-electron chi connectivity index (χ2n) is 5.50. The Balaban J connectivity index is 1.89. The second-order valence-corrected chi connectivity index (χ2v) is 5.50. The minimum atomic E-state index is -1.03. The summed E-state index contributed by atoms with van der Waals surface area (Å²) in [7, 11) is 1.59. The summed E-state index contributed by atoms with van der Waals surface area (Å²) < 4.78 is 5.15. The van der Waals surface area contributed by atoms with Crippen molar-refractivity contribution in [2.45, 2.75) is 25.3 Å². The van der Waals surface area contributed by atoms with Gasteiger partial charge < -0.3 is 15.2 Å². The van der Waals surface area contributed by atoms with Gasteiger partial charge in [-0.3, -0.25) is 4.79 Å². The maximum Gasteiger partial charge on any atom is 0.326 e. The van der Waals surface area contributed by atoms with Crippen LogP contribution >= 0.6 is 0 Å². The summed E-state index contributed by atoms with van der Waals surface area (Å²) in [4.78, 5) is 23.4. The predicted octanol–water partition coefficient (Wildman–Crippen LogP) is 2.44. The summed E-state index contributed by atoms with van der Waals surface area (Å²) in [6, 6.07) is 15.8. The van der Waals surface area contributed by atoms with Gasteiger partial charge in [0.2, 0.25) is 5.91 Å². The van der Waals surface area contributed by atoms with E-state index in [1.165, 1.54) is 0 Å². The molecule has 0 heterocycles. The Morgan fingerprint density at radius 3 is 2.46 bits per heavy atom. The lowest BCUT2D eigenvalue weighted by molar-refractivity contribution is -0.141. The zero-order chi connectivity index (χ0) is 17.4. The van der Waals surface area contributed by atoms with E-state index in [1.807, 2.05) is 54.6 Å². The van der Waals surface area contributed by atoms with Crippen molar-refractivity contribution in [3.8, 4) is 5.75 Å². The molecule has 0 saturated heterocycles. The van der Waals surface area contributed by atoms with E-state index >= 15 is 0 Å². The van der Waals surface area contributed by atoms with Crippen LogP contribution in [0.25, 0.3) is 0 Å². The van der Waals surface area contributed by atoms with Crippen LogP contribution in [-0.4, -0.2) is 30.1 Å². The molecule has 1 unspecified atom stereocenters. The number of benzene rings is 2. The number of carbonyl (C=O) groups excluding carboxylic acids is 1. The van der Waals surface area contributed by atoms with Gasteiger partial charge in [-0.25, -0.2) is 4.79 Å². The molecule has 2 aromatic carbocycles. The van der Waals surface area contributed by atoms with E-state index in [-0.39, 0.29) is 18.7 Å². The molecule has 0 aliphatic heterocycles. The zero-order valence-corrected chi connectivity index (χ0v) is 13.6. The smallest absolute Gasteiger partial charge is 0.326 e. The predicted molar refractivity (Wildman–Crippen MR) is 91.0 cm³/mol. The summed E-state index contributed by atoms with van der Waals surface area (Å²) >= 11 is 0. The third-order valence-electron chi connectivity index (χ3n) is 3.69. The first-order valence-corrected chi connectivity index (χ1v) is 7.77. The van der Waals surface area contributed by atoms with Gasteiger partial charge in [0, 0.05) is 12.8 Å². The fourth-order valence-corrected chi connectivity index (χ4v) is 2.40. The highest BCUT2D eigenvalue weighted by Crippen LogP contribution is 2.14. The van der Waals surface area contributed by atoms with Crippen LogP contribution in [0.3, 0.4) is 0 Å². The molecule has 0 aromatic heterocycles. The molecule has 0 radical (unpaired) electrons. The maximum atomic E-state index is 12.1. The summed E-state index contributed by atoms with van der Waals surface area (Å²) in [5, 5.41) is 11.9. The van der Waals surface area contributed by atoms with Crippen LogP contribution in [0.4, 0.5) is 0 Å². The van der Waals surface area contributed by atoms with E-state index in [0.29, 0.717) is 6.42 Å². The van der Waals surface area contributed by atoms with Gasteiger partial charge in [-0.15, -0.1) is 0 Å². The van der Waals surface area contributed by atoms with Gasteiger partial charge in [0.05, 0.1) is 7.11 Å². The van der Waals surface area contributed by atoms with Crippen molar-refractivity contribution >= 4 is 11.9 Å². The summed E-state index contributed by atoms with van der Waals surface area (Å²) in [5.74, 6) is -0.574. The highest BCUT2D eigenvalue weighted by atomic mass is 16.5. The van der Waals surface area contributed by atoms with Crippen molar-refractivity contribution in [3.05, 3.63) is 65.7 Å². The van der Waals surface area contributed by atoms with Crippen LogP contribution in [0.1, 0.15) is 17.5 Å². The lowest BCUT2D eigenvalue weighted by Gasteiger charge is -2.14. The fourth-order valence-electron chi connectivity index (χ4n) is 2.40. The maximum absolute atomic E-state index is 12.1. The van der Waals surface area contributed by atoms with E-state index in [4.69, 9.17) is 4.74 Å². The van der Waals surface area contributed by atoms with Crippen molar-refractivity contribution in [1.82, 2.24) is 5.32 Å². The molecule has 0 bridgehead atoms. The average Bonchev–Trinajstić information content (AvgIpc) is 2.60. The zero-order valence-electron chi connectivity index (χ0n) is 13.6. The molecule has 0 fully saturated rings. The third kappa shape index (κ3) is 5.43. The second kappa shape index (κ2) is 8.72. The Morgan fingerprint density at radius 1 is 1.08 bits per heavy atom. The number of carbonyl (C=O) groups is 2. The third-order valence-corrected chi connectivity index (χ3v) is 3.69. The van der Waals surface area contributed by atoms with Crippen LogP contribution in [0, 0.1) is 0 Å². The normalized spacial score (nSPS) is 11.5. The van der Waals surface area contributed by atoms with E-state index in [0.717, 1.165) is 16.9 Å². The van der Waals surface area contributed by atoms with Crippen LogP contribution < -0.4 is 10.1 Å². The van der Waals surface area contributed by atoms with E-state index in [9.17, 15) is 14.7 Å². The first kappa shape index (κ1) is 17.5. The summed E-state index contributed by atoms with van der Waals surface area (Å²) in [6.07, 6.45) is 1.02. The molecule has 126 valence electrons. The molecule has 1 amide bonds. The number of hydrogen-bond donors (Lipinski definition) is 2. The molecule has 2 aromatic rings. The quantitative estimate of drug-likeness (QED) is 0.781. The number of carboxylic acid groups (broad SMARTS) is 1. The molecular weight excluding hydrogens is 306 g/mol. The first-order chi connectivity index (χ1) is 11.6. The molecule has 5 heteroatoms. The number of amides is 1. The minimum absolute atomic E-state index is 0.228. The van der Waals surface area contributed by atoms with Gasteiger partial charge in [0.15, 0.2) is 0 Å². The van der Waals surface area contributed by atoms with Crippen LogP contribution in [0.5, 0.6) is 5.75 Å². The van der Waals surface area contributed by atoms with Gasteiger partial charge >= 0.3 is 5.97 Å². The Labute approximate surface area is 141 Å². The van der Waals surface area contributed by atoms with Gasteiger partial charge in [0.1, 0.15) is 11.8 Å². The lowest BCUT2D eigenvalue weighted by Crippen LogP contribution is -2.42.